The Morgan fingerprint density at radius 1 is 1.70 bits per heavy atom. The molecule has 0 amide bonds. The second-order valence-electron chi connectivity index (χ2n) is 1.94. The zero-order valence-electron chi connectivity index (χ0n) is 6.35. The van der Waals surface area contributed by atoms with Crippen molar-refractivity contribution >= 4 is 22.9 Å². The summed E-state index contributed by atoms with van der Waals surface area (Å²) < 4.78 is 0. The van der Waals surface area contributed by atoms with Crippen molar-refractivity contribution in [2.24, 2.45) is 10.8 Å². The highest BCUT2D eigenvalue weighted by atomic mass is 32.1. The summed E-state index contributed by atoms with van der Waals surface area (Å²) in [4.78, 5) is 0.743. The summed E-state index contributed by atoms with van der Waals surface area (Å²) in [5, 5.41) is 3.91. The van der Waals surface area contributed by atoms with E-state index in [9.17, 15) is 0 Å². The van der Waals surface area contributed by atoms with Crippen LogP contribution in [0.25, 0.3) is 0 Å². The third-order valence-corrected chi connectivity index (χ3v) is 1.37. The molecule has 0 bridgehead atoms. The molecular weight excluding hydrogens is 146 g/mol. The van der Waals surface area contributed by atoms with Crippen molar-refractivity contribution in [3.8, 4) is 0 Å². The first-order valence-electron chi connectivity index (χ1n) is 3.22. The maximum absolute atomic E-state index is 5.29. The van der Waals surface area contributed by atoms with Crippen LogP contribution in [-0.2, 0) is 0 Å². The second-order valence-corrected chi connectivity index (χ2v) is 2.43. The van der Waals surface area contributed by atoms with E-state index in [0.29, 0.717) is 6.54 Å². The summed E-state index contributed by atoms with van der Waals surface area (Å²) in [5.74, 6) is 0. The van der Waals surface area contributed by atoms with Crippen molar-refractivity contribution in [1.29, 1.82) is 0 Å². The first kappa shape index (κ1) is 9.52. The molecule has 10 heavy (non-hydrogen) atoms. The molecule has 0 aliphatic rings. The number of hydrazone groups is 1. The Hall–Kier alpha value is -0.480. The van der Waals surface area contributed by atoms with E-state index >= 15 is 0 Å². The summed E-state index contributed by atoms with van der Waals surface area (Å²) in [6.07, 6.45) is 0.816. The third kappa shape index (κ3) is 4.40. The van der Waals surface area contributed by atoms with Gasteiger partial charge in [0.25, 0.3) is 0 Å². The maximum atomic E-state index is 5.29. The van der Waals surface area contributed by atoms with E-state index in [1.807, 2.05) is 13.8 Å². The molecule has 0 aliphatic carbocycles. The third-order valence-electron chi connectivity index (χ3n) is 0.988. The van der Waals surface area contributed by atoms with Gasteiger partial charge in [0.15, 0.2) is 0 Å². The number of nitrogens with two attached hydrogens (primary N) is 1. The predicted octanol–water partition coefficient (Wildman–Crippen LogP) is 0.648. The summed E-state index contributed by atoms with van der Waals surface area (Å²) in [7, 11) is 0. The van der Waals surface area contributed by atoms with E-state index < -0.39 is 0 Å². The van der Waals surface area contributed by atoms with E-state index in [1.165, 1.54) is 0 Å². The van der Waals surface area contributed by atoms with Crippen LogP contribution in [0, 0.1) is 0 Å². The lowest BCUT2D eigenvalue weighted by atomic mass is 10.4. The van der Waals surface area contributed by atoms with Gasteiger partial charge >= 0.3 is 0 Å². The van der Waals surface area contributed by atoms with E-state index in [-0.39, 0.29) is 0 Å². The second kappa shape index (κ2) is 5.32. The first-order chi connectivity index (χ1) is 4.70. The molecule has 0 saturated heterocycles. The number of hydrogen-bond donors (Lipinski definition) is 2. The highest BCUT2D eigenvalue weighted by Crippen LogP contribution is 1.79. The molecule has 0 fully saturated rings. The fourth-order valence-corrected chi connectivity index (χ4v) is 0.328. The van der Waals surface area contributed by atoms with Crippen LogP contribution in [0.5, 0.6) is 0 Å². The van der Waals surface area contributed by atoms with Gasteiger partial charge in [0.05, 0.1) is 4.99 Å². The smallest absolute Gasteiger partial charge is 0.0958 e. The van der Waals surface area contributed by atoms with Crippen LogP contribution in [0.1, 0.15) is 20.3 Å². The fraction of sp³-hybridized carbons (Fsp3) is 0.667. The molecule has 58 valence electrons. The molecule has 0 radical (unpaired) electrons. The minimum atomic E-state index is 0.472. The molecule has 0 unspecified atom stereocenters. The zero-order valence-corrected chi connectivity index (χ0v) is 7.16. The Kier molecular flexibility index (Phi) is 5.06. The molecular formula is C6H13N3S. The van der Waals surface area contributed by atoms with Gasteiger partial charge in [-0.2, -0.15) is 5.10 Å². The topological polar surface area (TPSA) is 50.4 Å². The van der Waals surface area contributed by atoms with E-state index in [0.717, 1.165) is 17.1 Å². The van der Waals surface area contributed by atoms with Crippen LogP contribution in [0.3, 0.4) is 0 Å². The van der Waals surface area contributed by atoms with Gasteiger partial charge in [0.2, 0.25) is 0 Å². The van der Waals surface area contributed by atoms with Crippen molar-refractivity contribution in [3.05, 3.63) is 0 Å². The predicted molar refractivity (Wildman–Crippen MR) is 48.2 cm³/mol. The fourth-order valence-electron chi connectivity index (χ4n) is 0.282. The van der Waals surface area contributed by atoms with Crippen molar-refractivity contribution < 1.29 is 0 Å². The Morgan fingerprint density at radius 3 is 2.70 bits per heavy atom. The molecule has 0 aliphatic heterocycles. The summed E-state index contributed by atoms with van der Waals surface area (Å²) in [6, 6.07) is 0. The lowest BCUT2D eigenvalue weighted by molar-refractivity contribution is 0.993. The van der Waals surface area contributed by atoms with E-state index in [2.05, 4.69) is 10.5 Å². The number of hydrogen-bond acceptors (Lipinski definition) is 3. The van der Waals surface area contributed by atoms with Crippen LogP contribution < -0.4 is 11.2 Å². The van der Waals surface area contributed by atoms with Gasteiger partial charge in [-0.15, -0.1) is 0 Å². The molecule has 0 rings (SSSR count). The minimum absolute atomic E-state index is 0.472. The van der Waals surface area contributed by atoms with Crippen LogP contribution in [0.15, 0.2) is 5.10 Å². The van der Waals surface area contributed by atoms with Gasteiger partial charge in [0, 0.05) is 12.3 Å². The number of rotatable bonds is 3. The molecule has 3 nitrogen and oxygen atoms in total. The Balaban J connectivity index is 3.61. The minimum Gasteiger partial charge on any atom is -0.325 e. The SMILES string of the molecule is CCC(=S)N/N=C(\C)CN. The van der Waals surface area contributed by atoms with Crippen LogP contribution in [0.4, 0.5) is 0 Å². The Labute approximate surface area is 66.7 Å². The van der Waals surface area contributed by atoms with Crippen LogP contribution in [-0.4, -0.2) is 17.2 Å². The average Bonchev–Trinajstić information content (AvgIpc) is 1.99. The molecule has 0 aromatic rings. The van der Waals surface area contributed by atoms with Crippen LogP contribution in [0.2, 0.25) is 0 Å². The summed E-state index contributed by atoms with van der Waals surface area (Å²) >= 11 is 4.86. The summed E-state index contributed by atoms with van der Waals surface area (Å²) in [6.45, 7) is 4.30. The van der Waals surface area contributed by atoms with Crippen molar-refractivity contribution in [1.82, 2.24) is 5.43 Å². The van der Waals surface area contributed by atoms with Crippen molar-refractivity contribution in [2.45, 2.75) is 20.3 Å². The monoisotopic (exact) mass is 159 g/mol. The molecule has 0 atom stereocenters. The van der Waals surface area contributed by atoms with Gasteiger partial charge in [0.1, 0.15) is 0 Å². The van der Waals surface area contributed by atoms with Gasteiger partial charge < -0.3 is 5.73 Å². The van der Waals surface area contributed by atoms with E-state index in [1.54, 1.807) is 0 Å². The van der Waals surface area contributed by atoms with Gasteiger partial charge in [-0.05, 0) is 13.3 Å². The molecule has 4 heteroatoms. The maximum Gasteiger partial charge on any atom is 0.0958 e. The Morgan fingerprint density at radius 2 is 2.30 bits per heavy atom. The molecule has 3 N–H and O–H groups in total. The van der Waals surface area contributed by atoms with Gasteiger partial charge in [-0.3, -0.25) is 5.43 Å². The number of thiocarbonyl (C=S) groups is 1. The summed E-state index contributed by atoms with van der Waals surface area (Å²) in [5.41, 5.74) is 8.87. The van der Waals surface area contributed by atoms with Gasteiger partial charge in [-0.1, -0.05) is 19.1 Å². The average molecular weight is 159 g/mol. The van der Waals surface area contributed by atoms with Crippen LogP contribution >= 0.6 is 12.2 Å². The highest BCUT2D eigenvalue weighted by molar-refractivity contribution is 7.80. The Bertz CT molecular complexity index is 142. The lowest BCUT2D eigenvalue weighted by Gasteiger charge is -1.99. The zero-order chi connectivity index (χ0) is 7.98. The lowest BCUT2D eigenvalue weighted by Crippen LogP contribution is -2.19. The standard InChI is InChI=1S/C6H13N3S/c1-3-6(10)9-8-5(2)4-7/h3-4,7H2,1-2H3,(H,9,10)/b8-5+. The highest BCUT2D eigenvalue weighted by Gasteiger charge is 1.88. The molecule has 0 heterocycles. The molecule has 0 aromatic carbocycles. The van der Waals surface area contributed by atoms with E-state index in [4.69, 9.17) is 18.0 Å². The molecule has 0 saturated carbocycles. The van der Waals surface area contributed by atoms with Gasteiger partial charge in [-0.25, -0.2) is 0 Å². The number of nitrogens with zero attached hydrogens (tertiary/aromatic N) is 1. The normalized spacial score (nSPS) is 11.3. The quantitative estimate of drug-likeness (QED) is 0.361. The first-order valence-corrected chi connectivity index (χ1v) is 3.63. The molecule has 0 aromatic heterocycles. The number of nitrogens with one attached hydrogen (secondary N) is 1. The van der Waals surface area contributed by atoms with Crippen molar-refractivity contribution in [3.63, 3.8) is 0 Å². The largest absolute Gasteiger partial charge is 0.325 e. The molecule has 0 spiro atoms. The van der Waals surface area contributed by atoms with Crippen molar-refractivity contribution in [2.75, 3.05) is 6.54 Å².